The summed E-state index contributed by atoms with van der Waals surface area (Å²) in [6, 6.07) is 13.5. The fourth-order valence-electron chi connectivity index (χ4n) is 7.43. The number of ether oxygens (including phenoxy) is 1. The van der Waals surface area contributed by atoms with Crippen molar-refractivity contribution in [2.75, 3.05) is 65.1 Å². The van der Waals surface area contributed by atoms with Crippen LogP contribution in [-0.2, 0) is 22.4 Å². The molecule has 3 fully saturated rings. The Morgan fingerprint density at radius 3 is 2.37 bits per heavy atom. The van der Waals surface area contributed by atoms with Crippen LogP contribution in [0.15, 0.2) is 47.3 Å². The molecular formula is C36H49ClN8O4. The highest BCUT2D eigenvalue weighted by Gasteiger charge is 2.35. The number of anilines is 1. The van der Waals surface area contributed by atoms with E-state index < -0.39 is 12.2 Å². The summed E-state index contributed by atoms with van der Waals surface area (Å²) in [5, 5.41) is 4.99. The van der Waals surface area contributed by atoms with Gasteiger partial charge in [-0.1, -0.05) is 54.9 Å². The molecular weight excluding hydrogens is 644 g/mol. The Kier molecular flexibility index (Phi) is 11.3. The van der Waals surface area contributed by atoms with Crippen LogP contribution in [0.3, 0.4) is 0 Å². The lowest BCUT2D eigenvalue weighted by Crippen LogP contribution is -2.51. The summed E-state index contributed by atoms with van der Waals surface area (Å²) < 4.78 is 7.55. The standard InChI is InChI=1S/C36H49ClN8O4/c1-3-26-22-25(23-30(37)32(26)38)24-31(34(46)43-16-10-28(11-17-43)42-15-7-14-41(2)20-21-42)49-36(48)44-18-12-29(13-19-44)45-35(47)39-33(40-45)27-8-5-4-6-9-27/h4-6,8-9,22-23,28-29,31H,3,7,10-21,24,38H2,1-2H3,(H,39,40,47)/t31-/m1/s1. The van der Waals surface area contributed by atoms with Gasteiger partial charge in [-0.05, 0) is 75.9 Å². The van der Waals surface area contributed by atoms with Crippen LogP contribution in [0.25, 0.3) is 11.4 Å². The second-order valence-electron chi connectivity index (χ2n) is 13.6. The number of amides is 2. The molecule has 3 aliphatic rings. The highest BCUT2D eigenvalue weighted by atomic mass is 35.5. The molecule has 264 valence electrons. The first-order valence-electron chi connectivity index (χ1n) is 17.7. The number of hydrogen-bond donors (Lipinski definition) is 2. The van der Waals surface area contributed by atoms with Crippen molar-refractivity contribution < 1.29 is 14.3 Å². The number of likely N-dealkylation sites (tertiary alicyclic amines) is 2. The van der Waals surface area contributed by atoms with Crippen LogP contribution in [0.4, 0.5) is 10.5 Å². The van der Waals surface area contributed by atoms with Gasteiger partial charge in [-0.15, -0.1) is 5.10 Å². The maximum absolute atomic E-state index is 14.1. The first-order chi connectivity index (χ1) is 23.7. The maximum Gasteiger partial charge on any atom is 0.410 e. The molecule has 0 spiro atoms. The highest BCUT2D eigenvalue weighted by Crippen LogP contribution is 2.28. The molecule has 3 aromatic rings. The third kappa shape index (κ3) is 8.30. The number of carbonyl (C=O) groups excluding carboxylic acids is 2. The summed E-state index contributed by atoms with van der Waals surface area (Å²) in [7, 11) is 2.17. The average molecular weight is 693 g/mol. The van der Waals surface area contributed by atoms with E-state index in [0.717, 1.165) is 62.1 Å². The average Bonchev–Trinajstić information content (AvgIpc) is 3.38. The van der Waals surface area contributed by atoms with Crippen molar-refractivity contribution in [1.82, 2.24) is 34.4 Å². The van der Waals surface area contributed by atoms with Gasteiger partial charge >= 0.3 is 11.8 Å². The third-order valence-electron chi connectivity index (χ3n) is 10.4. The van der Waals surface area contributed by atoms with Gasteiger partial charge < -0.3 is 25.2 Å². The van der Waals surface area contributed by atoms with Gasteiger partial charge in [-0.25, -0.2) is 14.3 Å². The molecule has 13 heteroatoms. The van der Waals surface area contributed by atoms with E-state index >= 15 is 0 Å². The first kappa shape index (κ1) is 35.0. The molecule has 12 nitrogen and oxygen atoms in total. The molecule has 0 radical (unpaired) electrons. The van der Waals surface area contributed by atoms with Crippen LogP contribution in [0.1, 0.15) is 56.2 Å². The number of nitrogens with zero attached hydrogens (tertiary/aromatic N) is 6. The number of nitrogens with two attached hydrogens (primary N) is 1. The largest absolute Gasteiger partial charge is 0.436 e. The van der Waals surface area contributed by atoms with E-state index in [2.05, 4.69) is 26.9 Å². The van der Waals surface area contributed by atoms with Crippen molar-refractivity contribution in [3.63, 3.8) is 0 Å². The molecule has 1 atom stereocenters. The Balaban J connectivity index is 1.11. The highest BCUT2D eigenvalue weighted by molar-refractivity contribution is 6.33. The second-order valence-corrected chi connectivity index (χ2v) is 14.0. The summed E-state index contributed by atoms with van der Waals surface area (Å²) in [6.45, 7) is 8.33. The van der Waals surface area contributed by atoms with Crippen molar-refractivity contribution >= 4 is 29.3 Å². The lowest BCUT2D eigenvalue weighted by Gasteiger charge is -2.39. The lowest BCUT2D eigenvalue weighted by molar-refractivity contribution is -0.142. The minimum absolute atomic E-state index is 0.155. The first-order valence-corrected chi connectivity index (χ1v) is 18.1. The summed E-state index contributed by atoms with van der Waals surface area (Å²) in [5.74, 6) is 0.339. The number of aromatic amines is 1. The van der Waals surface area contributed by atoms with Gasteiger partial charge in [-0.2, -0.15) is 0 Å². The van der Waals surface area contributed by atoms with Gasteiger partial charge in [0.25, 0.3) is 5.91 Å². The van der Waals surface area contributed by atoms with Crippen LogP contribution in [0, 0.1) is 0 Å². The zero-order valence-electron chi connectivity index (χ0n) is 28.7. The number of piperidine rings is 2. The zero-order valence-corrected chi connectivity index (χ0v) is 29.4. The van der Waals surface area contributed by atoms with Crippen LogP contribution < -0.4 is 11.4 Å². The van der Waals surface area contributed by atoms with Crippen molar-refractivity contribution in [2.45, 2.75) is 70.1 Å². The van der Waals surface area contributed by atoms with E-state index in [4.69, 9.17) is 22.1 Å². The maximum atomic E-state index is 14.1. The number of nitrogens with one attached hydrogen (secondary N) is 1. The number of H-pyrrole nitrogens is 1. The van der Waals surface area contributed by atoms with Gasteiger partial charge in [0.05, 0.1) is 16.8 Å². The Bertz CT molecular complexity index is 1650. The molecule has 6 rings (SSSR count). The molecule has 0 aliphatic carbocycles. The second kappa shape index (κ2) is 15.8. The zero-order chi connectivity index (χ0) is 34.5. The molecule has 0 bridgehead atoms. The Morgan fingerprint density at radius 2 is 1.65 bits per heavy atom. The van der Waals surface area contributed by atoms with Crippen molar-refractivity contribution in [2.24, 2.45) is 0 Å². The number of likely N-dealkylation sites (N-methyl/N-ethyl adjacent to an activating group) is 1. The van der Waals surface area contributed by atoms with Crippen LogP contribution >= 0.6 is 11.6 Å². The minimum atomic E-state index is -1.000. The van der Waals surface area contributed by atoms with Gasteiger partial charge in [0, 0.05) is 57.3 Å². The molecule has 3 N–H and O–H groups in total. The van der Waals surface area contributed by atoms with Gasteiger partial charge in [0.1, 0.15) is 0 Å². The summed E-state index contributed by atoms with van der Waals surface area (Å²) in [6.07, 6.45) is 3.40. The number of benzene rings is 2. The monoisotopic (exact) mass is 692 g/mol. The number of aryl methyl sites for hydroxylation is 1. The van der Waals surface area contributed by atoms with Crippen LogP contribution in [0.2, 0.25) is 5.02 Å². The molecule has 3 aliphatic heterocycles. The van der Waals surface area contributed by atoms with Crippen molar-refractivity contribution in [3.05, 3.63) is 69.1 Å². The summed E-state index contributed by atoms with van der Waals surface area (Å²) in [5.41, 5.74) is 9.00. The fraction of sp³-hybridized carbons (Fsp3) is 0.556. The van der Waals surface area contributed by atoms with E-state index in [1.54, 1.807) is 11.0 Å². The molecule has 2 amide bonds. The molecule has 4 heterocycles. The summed E-state index contributed by atoms with van der Waals surface area (Å²) in [4.78, 5) is 51.8. The molecule has 1 aromatic heterocycles. The minimum Gasteiger partial charge on any atom is -0.436 e. The summed E-state index contributed by atoms with van der Waals surface area (Å²) >= 11 is 6.48. The molecule has 0 unspecified atom stereocenters. The van der Waals surface area contributed by atoms with E-state index in [9.17, 15) is 14.4 Å². The Labute approximate surface area is 293 Å². The normalized spacial score (nSPS) is 19.5. The number of rotatable bonds is 8. The molecule has 49 heavy (non-hydrogen) atoms. The van der Waals surface area contributed by atoms with Crippen LogP contribution in [0.5, 0.6) is 0 Å². The van der Waals surface area contributed by atoms with Gasteiger partial charge in [0.2, 0.25) is 0 Å². The van der Waals surface area contributed by atoms with E-state index in [1.165, 1.54) is 4.68 Å². The third-order valence-corrected chi connectivity index (χ3v) is 10.7. The molecule has 3 saturated heterocycles. The van der Waals surface area contributed by atoms with E-state index in [-0.39, 0.29) is 24.1 Å². The van der Waals surface area contributed by atoms with E-state index in [0.29, 0.717) is 68.0 Å². The predicted molar refractivity (Wildman–Crippen MR) is 191 cm³/mol. The number of carbonyl (C=O) groups is 2. The molecule has 2 aromatic carbocycles. The number of nitrogen functional groups attached to an aromatic ring is 1. The molecule has 0 saturated carbocycles. The van der Waals surface area contributed by atoms with Gasteiger partial charge in [0.15, 0.2) is 11.9 Å². The predicted octanol–water partition coefficient (Wildman–Crippen LogP) is 4.05. The van der Waals surface area contributed by atoms with Crippen LogP contribution in [-0.4, -0.2) is 118 Å². The Hall–Kier alpha value is -3.87. The topological polar surface area (TPSA) is 133 Å². The quantitative estimate of drug-likeness (QED) is 0.338. The fourth-order valence-corrected chi connectivity index (χ4v) is 7.69. The number of hydrogen-bond acceptors (Lipinski definition) is 8. The van der Waals surface area contributed by atoms with Gasteiger partial charge in [-0.3, -0.25) is 14.7 Å². The van der Waals surface area contributed by atoms with E-state index in [1.807, 2.05) is 48.2 Å². The van der Waals surface area contributed by atoms with Crippen molar-refractivity contribution in [3.8, 4) is 11.4 Å². The number of halogens is 1. The smallest absolute Gasteiger partial charge is 0.410 e. The SMILES string of the molecule is CCc1cc(C[C@@H](OC(=O)N2CCC(n3nc(-c4ccccc4)[nH]c3=O)CC2)C(=O)N2CCC(N3CCCN(C)CC3)CC2)cc(Cl)c1N. The lowest BCUT2D eigenvalue weighted by atomic mass is 9.99. The number of aromatic nitrogens is 3. The van der Waals surface area contributed by atoms with Crippen molar-refractivity contribution in [1.29, 1.82) is 0 Å². The Morgan fingerprint density at radius 1 is 0.959 bits per heavy atom.